The van der Waals surface area contributed by atoms with Gasteiger partial charge in [0.05, 0.1) is 0 Å². The van der Waals surface area contributed by atoms with Crippen LogP contribution in [0, 0.1) is 43.4 Å². The number of rotatable bonds is 4. The molecule has 0 heterocycles. The summed E-state index contributed by atoms with van der Waals surface area (Å²) in [6.45, 7) is 6.97. The molecule has 3 saturated carbocycles. The average molecular weight is 381 g/mol. The summed E-state index contributed by atoms with van der Waals surface area (Å²) in [4.78, 5) is 0. The molecule has 0 N–H and O–H groups in total. The molecule has 0 aliphatic heterocycles. The van der Waals surface area contributed by atoms with Gasteiger partial charge in [-0.05, 0) is 124 Å². The van der Waals surface area contributed by atoms with Crippen molar-refractivity contribution in [3.8, 4) is 0 Å². The zero-order valence-corrected chi connectivity index (χ0v) is 18.9. The van der Waals surface area contributed by atoms with E-state index in [9.17, 15) is 0 Å². The van der Waals surface area contributed by atoms with Crippen molar-refractivity contribution in [1.29, 1.82) is 0 Å². The lowest BCUT2D eigenvalue weighted by atomic mass is 9.67. The van der Waals surface area contributed by atoms with Crippen LogP contribution in [-0.2, 0) is 0 Å². The second-order valence-corrected chi connectivity index (χ2v) is 11.1. The van der Waals surface area contributed by atoms with Gasteiger partial charge in [-0.25, -0.2) is 0 Å². The number of hydrogen-bond donors (Lipinski definition) is 0. The van der Waals surface area contributed by atoms with Crippen molar-refractivity contribution in [3.63, 3.8) is 0 Å². The Morgan fingerprint density at radius 2 is 1.18 bits per heavy atom. The molecule has 0 amide bonds. The maximum Gasteiger partial charge on any atom is -0.0162 e. The minimum Gasteiger partial charge on any atom is -0.0625 e. The molecule has 0 spiro atoms. The molecule has 0 aromatic heterocycles. The fourth-order valence-electron chi connectivity index (χ4n) is 6.87. The van der Waals surface area contributed by atoms with Crippen LogP contribution in [0.5, 0.6) is 0 Å². The lowest BCUT2D eigenvalue weighted by molar-refractivity contribution is 0.135. The maximum atomic E-state index is 2.47. The molecule has 0 atom stereocenters. The topological polar surface area (TPSA) is 0 Å². The van der Waals surface area contributed by atoms with Crippen LogP contribution >= 0.6 is 0 Å². The highest BCUT2D eigenvalue weighted by Gasteiger charge is 2.31. The number of hydrogen-bond acceptors (Lipinski definition) is 0. The molecule has 0 bridgehead atoms. The zero-order valence-electron chi connectivity index (χ0n) is 18.9. The highest BCUT2D eigenvalue weighted by Crippen LogP contribution is 2.45. The van der Waals surface area contributed by atoms with Crippen molar-refractivity contribution >= 4 is 0 Å². The number of benzene rings is 1. The Labute approximate surface area is 174 Å². The molecular formula is C28H44. The molecule has 3 fully saturated rings. The third-order valence-corrected chi connectivity index (χ3v) is 9.13. The smallest absolute Gasteiger partial charge is 0.0162 e. The van der Waals surface area contributed by atoms with E-state index in [4.69, 9.17) is 0 Å². The fourth-order valence-corrected chi connectivity index (χ4v) is 6.87. The van der Waals surface area contributed by atoms with Gasteiger partial charge in [-0.15, -0.1) is 0 Å². The van der Waals surface area contributed by atoms with Gasteiger partial charge in [0.2, 0.25) is 0 Å². The van der Waals surface area contributed by atoms with Crippen LogP contribution in [0.3, 0.4) is 0 Å². The summed E-state index contributed by atoms with van der Waals surface area (Å²) in [7, 11) is 0. The third kappa shape index (κ3) is 5.03. The first-order valence-corrected chi connectivity index (χ1v) is 12.7. The van der Waals surface area contributed by atoms with Crippen LogP contribution in [-0.4, -0.2) is 0 Å². The SMILES string of the molecule is Cc1ccc(C2CCC(CC3CCC(C4CCC(C)CC4)CC3)CC2)cc1C. The standard InChI is InChI=1S/C28H44/c1-20-4-11-25(12-5-20)26-14-7-23(8-15-26)19-24-9-16-27(17-10-24)28-13-6-21(2)22(3)18-28/h6,13,18,20,23-27H,4-5,7-12,14-17,19H2,1-3H3. The van der Waals surface area contributed by atoms with Crippen molar-refractivity contribution in [2.24, 2.45) is 29.6 Å². The van der Waals surface area contributed by atoms with Gasteiger partial charge in [0.1, 0.15) is 0 Å². The van der Waals surface area contributed by atoms with E-state index in [1.807, 2.05) is 0 Å². The van der Waals surface area contributed by atoms with Gasteiger partial charge < -0.3 is 0 Å². The summed E-state index contributed by atoms with van der Waals surface area (Å²) >= 11 is 0. The van der Waals surface area contributed by atoms with Crippen molar-refractivity contribution in [3.05, 3.63) is 34.9 Å². The van der Waals surface area contributed by atoms with E-state index in [0.29, 0.717) is 0 Å². The lowest BCUT2D eigenvalue weighted by Crippen LogP contribution is -2.26. The van der Waals surface area contributed by atoms with Crippen molar-refractivity contribution in [2.45, 2.75) is 110 Å². The van der Waals surface area contributed by atoms with Gasteiger partial charge >= 0.3 is 0 Å². The molecule has 0 saturated heterocycles. The van der Waals surface area contributed by atoms with E-state index < -0.39 is 0 Å². The predicted octanol–water partition coefficient (Wildman–Crippen LogP) is 8.60. The van der Waals surface area contributed by atoms with Crippen LogP contribution in [0.4, 0.5) is 0 Å². The van der Waals surface area contributed by atoms with Gasteiger partial charge in [-0.3, -0.25) is 0 Å². The molecule has 0 heteroatoms. The van der Waals surface area contributed by atoms with Crippen molar-refractivity contribution in [2.75, 3.05) is 0 Å². The molecule has 0 unspecified atom stereocenters. The summed E-state index contributed by atoms with van der Waals surface area (Å²) in [6, 6.07) is 7.20. The summed E-state index contributed by atoms with van der Waals surface area (Å²) < 4.78 is 0. The second-order valence-electron chi connectivity index (χ2n) is 11.1. The minimum absolute atomic E-state index is 0.833. The van der Waals surface area contributed by atoms with Crippen LogP contribution in [0.25, 0.3) is 0 Å². The maximum absolute atomic E-state index is 2.47. The molecule has 0 nitrogen and oxygen atoms in total. The van der Waals surface area contributed by atoms with Gasteiger partial charge in [0, 0.05) is 0 Å². The van der Waals surface area contributed by atoms with E-state index in [0.717, 1.165) is 35.5 Å². The Hall–Kier alpha value is -0.780. The van der Waals surface area contributed by atoms with Gasteiger partial charge in [0.25, 0.3) is 0 Å². The molecule has 0 radical (unpaired) electrons. The Morgan fingerprint density at radius 1 is 0.643 bits per heavy atom. The van der Waals surface area contributed by atoms with E-state index in [2.05, 4.69) is 39.0 Å². The Bertz CT molecular complexity index is 605. The van der Waals surface area contributed by atoms with Crippen LogP contribution in [0.2, 0.25) is 0 Å². The van der Waals surface area contributed by atoms with Crippen molar-refractivity contribution in [1.82, 2.24) is 0 Å². The highest BCUT2D eigenvalue weighted by atomic mass is 14.4. The van der Waals surface area contributed by atoms with Crippen LogP contribution in [0.15, 0.2) is 18.2 Å². The molecule has 3 aliphatic rings. The molecule has 28 heavy (non-hydrogen) atoms. The molecule has 3 aliphatic carbocycles. The first-order chi connectivity index (χ1) is 13.6. The van der Waals surface area contributed by atoms with Gasteiger partial charge in [-0.1, -0.05) is 50.8 Å². The molecular weight excluding hydrogens is 336 g/mol. The monoisotopic (exact) mass is 380 g/mol. The normalized spacial score (nSPS) is 37.0. The largest absolute Gasteiger partial charge is 0.0625 e. The van der Waals surface area contributed by atoms with Gasteiger partial charge in [0.15, 0.2) is 0 Å². The molecule has 4 rings (SSSR count). The third-order valence-electron chi connectivity index (χ3n) is 9.13. The van der Waals surface area contributed by atoms with Crippen LogP contribution in [0.1, 0.15) is 113 Å². The minimum atomic E-state index is 0.833. The lowest BCUT2D eigenvalue weighted by Gasteiger charge is -2.38. The summed E-state index contributed by atoms with van der Waals surface area (Å²) in [5.41, 5.74) is 4.53. The highest BCUT2D eigenvalue weighted by molar-refractivity contribution is 5.32. The molecule has 1 aromatic carbocycles. The second kappa shape index (κ2) is 9.36. The summed E-state index contributed by atoms with van der Waals surface area (Å²) in [5.74, 6) is 6.10. The first kappa shape index (κ1) is 20.5. The molecule has 156 valence electrons. The van der Waals surface area contributed by atoms with E-state index in [1.54, 1.807) is 50.5 Å². The summed E-state index contributed by atoms with van der Waals surface area (Å²) in [6.07, 6.45) is 19.7. The number of aryl methyl sites for hydroxylation is 2. The van der Waals surface area contributed by atoms with Crippen molar-refractivity contribution < 1.29 is 0 Å². The first-order valence-electron chi connectivity index (χ1n) is 12.7. The molecule has 1 aromatic rings. The Balaban J connectivity index is 1.19. The van der Waals surface area contributed by atoms with Gasteiger partial charge in [-0.2, -0.15) is 0 Å². The van der Waals surface area contributed by atoms with E-state index >= 15 is 0 Å². The Morgan fingerprint density at radius 3 is 1.75 bits per heavy atom. The fraction of sp³-hybridized carbons (Fsp3) is 0.786. The van der Waals surface area contributed by atoms with E-state index in [1.165, 1.54) is 49.7 Å². The Kier molecular flexibility index (Phi) is 6.85. The average Bonchev–Trinajstić information content (AvgIpc) is 2.72. The quantitative estimate of drug-likeness (QED) is 0.490. The predicted molar refractivity (Wildman–Crippen MR) is 122 cm³/mol. The summed E-state index contributed by atoms with van der Waals surface area (Å²) in [5, 5.41) is 0. The van der Waals surface area contributed by atoms with Crippen LogP contribution < -0.4 is 0 Å². The zero-order chi connectivity index (χ0) is 19.5. The van der Waals surface area contributed by atoms with E-state index in [-0.39, 0.29) is 0 Å².